The lowest BCUT2D eigenvalue weighted by molar-refractivity contribution is -0.145. The first-order chi connectivity index (χ1) is 10.7. The van der Waals surface area contributed by atoms with E-state index in [-0.39, 0.29) is 24.2 Å². The van der Waals surface area contributed by atoms with E-state index in [1.54, 1.807) is 4.90 Å². The lowest BCUT2D eigenvalue weighted by Gasteiger charge is -2.23. The van der Waals surface area contributed by atoms with Crippen LogP contribution in [0.15, 0.2) is 24.3 Å². The molecule has 2 fully saturated rings. The SMILES string of the molecule is COC(=O)C1CC(=O)N(c2ccc(C3CCCCC3)cc2)C1. The molecule has 1 aromatic rings. The number of anilines is 1. The Morgan fingerprint density at radius 3 is 2.45 bits per heavy atom. The fourth-order valence-corrected chi connectivity index (χ4v) is 3.64. The van der Waals surface area contributed by atoms with Crippen LogP contribution in [0.3, 0.4) is 0 Å². The van der Waals surface area contributed by atoms with Gasteiger partial charge < -0.3 is 9.64 Å². The van der Waals surface area contributed by atoms with Crippen molar-refractivity contribution < 1.29 is 14.3 Å². The summed E-state index contributed by atoms with van der Waals surface area (Å²) in [5.41, 5.74) is 2.26. The van der Waals surface area contributed by atoms with Gasteiger partial charge in [-0.15, -0.1) is 0 Å². The number of hydrogen-bond donors (Lipinski definition) is 0. The van der Waals surface area contributed by atoms with E-state index in [1.807, 2.05) is 12.1 Å². The van der Waals surface area contributed by atoms with Gasteiger partial charge in [-0.2, -0.15) is 0 Å². The maximum Gasteiger partial charge on any atom is 0.311 e. The summed E-state index contributed by atoms with van der Waals surface area (Å²) >= 11 is 0. The summed E-state index contributed by atoms with van der Waals surface area (Å²) in [5.74, 6) is 0.0333. The first-order valence-electron chi connectivity index (χ1n) is 8.17. The summed E-state index contributed by atoms with van der Waals surface area (Å²) in [7, 11) is 1.37. The molecule has 1 atom stereocenters. The Hall–Kier alpha value is -1.84. The second-order valence-corrected chi connectivity index (χ2v) is 6.36. The second-order valence-electron chi connectivity index (χ2n) is 6.36. The van der Waals surface area contributed by atoms with Gasteiger partial charge in [0, 0.05) is 18.7 Å². The molecule has 1 aliphatic heterocycles. The van der Waals surface area contributed by atoms with Crippen LogP contribution in [-0.4, -0.2) is 25.5 Å². The van der Waals surface area contributed by atoms with Crippen molar-refractivity contribution in [1.82, 2.24) is 0 Å². The minimum absolute atomic E-state index is 0.000756. The van der Waals surface area contributed by atoms with Gasteiger partial charge >= 0.3 is 5.97 Å². The van der Waals surface area contributed by atoms with Gasteiger partial charge in [0.25, 0.3) is 0 Å². The van der Waals surface area contributed by atoms with Crippen molar-refractivity contribution in [2.24, 2.45) is 5.92 Å². The van der Waals surface area contributed by atoms with Gasteiger partial charge in [-0.3, -0.25) is 9.59 Å². The number of nitrogens with zero attached hydrogens (tertiary/aromatic N) is 1. The molecule has 1 saturated carbocycles. The van der Waals surface area contributed by atoms with Crippen LogP contribution in [0.1, 0.15) is 50.0 Å². The molecule has 0 bridgehead atoms. The Morgan fingerprint density at radius 1 is 1.14 bits per heavy atom. The van der Waals surface area contributed by atoms with Crippen LogP contribution >= 0.6 is 0 Å². The number of ether oxygens (including phenoxy) is 1. The molecule has 1 amide bonds. The Morgan fingerprint density at radius 2 is 1.82 bits per heavy atom. The maximum atomic E-state index is 12.1. The third-order valence-corrected chi connectivity index (χ3v) is 4.94. The van der Waals surface area contributed by atoms with E-state index in [9.17, 15) is 9.59 Å². The molecule has 1 heterocycles. The number of rotatable bonds is 3. The Bertz CT molecular complexity index is 546. The highest BCUT2D eigenvalue weighted by molar-refractivity contribution is 5.99. The average molecular weight is 301 g/mol. The molecule has 0 aromatic heterocycles. The molecule has 22 heavy (non-hydrogen) atoms. The van der Waals surface area contributed by atoms with Crippen molar-refractivity contribution in [2.45, 2.75) is 44.4 Å². The minimum atomic E-state index is -0.337. The van der Waals surface area contributed by atoms with Crippen molar-refractivity contribution in [3.8, 4) is 0 Å². The molecule has 3 rings (SSSR count). The summed E-state index contributed by atoms with van der Waals surface area (Å²) in [6.45, 7) is 0.425. The monoisotopic (exact) mass is 301 g/mol. The fraction of sp³-hybridized carbons (Fsp3) is 0.556. The molecule has 1 saturated heterocycles. The van der Waals surface area contributed by atoms with Gasteiger partial charge in [-0.1, -0.05) is 31.4 Å². The van der Waals surface area contributed by atoms with Gasteiger partial charge in [0.2, 0.25) is 5.91 Å². The largest absolute Gasteiger partial charge is 0.469 e. The zero-order valence-electron chi connectivity index (χ0n) is 13.1. The molecule has 4 heteroatoms. The van der Waals surface area contributed by atoms with Gasteiger partial charge in [0.15, 0.2) is 0 Å². The van der Waals surface area contributed by atoms with Crippen LogP contribution in [-0.2, 0) is 14.3 Å². The molecular weight excluding hydrogens is 278 g/mol. The van der Waals surface area contributed by atoms with E-state index < -0.39 is 0 Å². The van der Waals surface area contributed by atoms with Crippen LogP contribution in [0.4, 0.5) is 5.69 Å². The zero-order valence-corrected chi connectivity index (χ0v) is 13.1. The number of esters is 1. The second kappa shape index (κ2) is 6.51. The lowest BCUT2D eigenvalue weighted by Crippen LogP contribution is -2.26. The molecule has 0 radical (unpaired) electrons. The summed E-state index contributed by atoms with van der Waals surface area (Å²) in [6, 6.07) is 8.32. The number of methoxy groups -OCH3 is 1. The topological polar surface area (TPSA) is 46.6 Å². The maximum absolute atomic E-state index is 12.1. The van der Waals surface area contributed by atoms with Crippen LogP contribution in [0.25, 0.3) is 0 Å². The molecular formula is C18H23NO3. The molecule has 4 nitrogen and oxygen atoms in total. The normalized spacial score (nSPS) is 22.9. The van der Waals surface area contributed by atoms with E-state index in [2.05, 4.69) is 12.1 Å². The quantitative estimate of drug-likeness (QED) is 0.805. The fourth-order valence-electron chi connectivity index (χ4n) is 3.64. The van der Waals surface area contributed by atoms with E-state index in [1.165, 1.54) is 44.8 Å². The summed E-state index contributed by atoms with van der Waals surface area (Å²) in [5, 5.41) is 0. The van der Waals surface area contributed by atoms with Crippen molar-refractivity contribution in [2.75, 3.05) is 18.6 Å². The Kier molecular flexibility index (Phi) is 4.46. The van der Waals surface area contributed by atoms with Crippen LogP contribution in [0, 0.1) is 5.92 Å². The van der Waals surface area contributed by atoms with Crippen LogP contribution in [0.2, 0.25) is 0 Å². The van der Waals surface area contributed by atoms with E-state index in [0.717, 1.165) is 5.69 Å². The van der Waals surface area contributed by atoms with Crippen LogP contribution in [0.5, 0.6) is 0 Å². The highest BCUT2D eigenvalue weighted by atomic mass is 16.5. The van der Waals surface area contributed by atoms with Gasteiger partial charge in [0.1, 0.15) is 0 Å². The van der Waals surface area contributed by atoms with Crippen molar-refractivity contribution in [3.05, 3.63) is 29.8 Å². The van der Waals surface area contributed by atoms with Crippen molar-refractivity contribution in [3.63, 3.8) is 0 Å². The highest BCUT2D eigenvalue weighted by Crippen LogP contribution is 2.34. The summed E-state index contributed by atoms with van der Waals surface area (Å²) in [4.78, 5) is 25.4. The predicted molar refractivity (Wildman–Crippen MR) is 84.7 cm³/mol. The van der Waals surface area contributed by atoms with Gasteiger partial charge in [-0.05, 0) is 36.5 Å². The Labute approximate surface area is 131 Å². The minimum Gasteiger partial charge on any atom is -0.469 e. The highest BCUT2D eigenvalue weighted by Gasteiger charge is 2.35. The molecule has 1 aliphatic carbocycles. The summed E-state index contributed by atoms with van der Waals surface area (Å²) in [6.07, 6.45) is 6.78. The molecule has 2 aliphatic rings. The van der Waals surface area contributed by atoms with E-state index in [4.69, 9.17) is 4.74 Å². The molecule has 0 spiro atoms. The van der Waals surface area contributed by atoms with Crippen LogP contribution < -0.4 is 4.90 Å². The standard InChI is InChI=1S/C18H23NO3/c1-22-18(21)15-11-17(20)19(12-15)16-9-7-14(8-10-16)13-5-3-2-4-6-13/h7-10,13,15H,2-6,11-12H2,1H3. The number of amides is 1. The first kappa shape index (κ1) is 15.1. The van der Waals surface area contributed by atoms with Gasteiger partial charge in [-0.25, -0.2) is 0 Å². The Balaban J connectivity index is 1.70. The smallest absolute Gasteiger partial charge is 0.311 e. The third kappa shape index (κ3) is 3.01. The van der Waals surface area contributed by atoms with Gasteiger partial charge in [0.05, 0.1) is 13.0 Å². The molecule has 1 unspecified atom stereocenters. The van der Waals surface area contributed by atoms with E-state index in [0.29, 0.717) is 12.5 Å². The van der Waals surface area contributed by atoms with E-state index >= 15 is 0 Å². The average Bonchev–Trinajstić information content (AvgIpc) is 2.97. The lowest BCUT2D eigenvalue weighted by atomic mass is 9.84. The number of hydrogen-bond acceptors (Lipinski definition) is 3. The predicted octanol–water partition coefficient (Wildman–Crippen LogP) is 3.26. The molecule has 1 aromatic carbocycles. The zero-order chi connectivity index (χ0) is 15.5. The summed E-state index contributed by atoms with van der Waals surface area (Å²) < 4.78 is 4.75. The van der Waals surface area contributed by atoms with Crippen molar-refractivity contribution in [1.29, 1.82) is 0 Å². The number of carbonyl (C=O) groups is 2. The third-order valence-electron chi connectivity index (χ3n) is 4.94. The number of benzene rings is 1. The van der Waals surface area contributed by atoms with Crippen molar-refractivity contribution >= 4 is 17.6 Å². The molecule has 0 N–H and O–H groups in total. The molecule has 118 valence electrons. The first-order valence-corrected chi connectivity index (χ1v) is 8.17. The number of carbonyl (C=O) groups excluding carboxylic acids is 2.